The molecule has 0 saturated heterocycles. The SMILES string of the molecule is CC(C)(C)C(P)(c1ccccc1)N1[C]N(C23CC4CC(CC(C4)C2)C3)C=C1. The Balaban J connectivity index is 1.44. The van der Waals surface area contributed by atoms with Crippen LogP contribution in [0.1, 0.15) is 64.9 Å². The minimum absolute atomic E-state index is 0.0494. The Morgan fingerprint density at radius 3 is 2.00 bits per heavy atom. The van der Waals surface area contributed by atoms with Crippen molar-refractivity contribution in [3.05, 3.63) is 55.0 Å². The third-order valence-corrected chi connectivity index (χ3v) is 9.31. The van der Waals surface area contributed by atoms with E-state index < -0.39 is 0 Å². The van der Waals surface area contributed by atoms with Crippen LogP contribution in [0.25, 0.3) is 0 Å². The van der Waals surface area contributed by atoms with E-state index >= 15 is 0 Å². The smallest absolute Gasteiger partial charge is 0.209 e. The first-order valence-electron chi connectivity index (χ1n) is 10.7. The number of hydrogen-bond donors (Lipinski definition) is 0. The molecule has 4 bridgehead atoms. The van der Waals surface area contributed by atoms with Crippen LogP contribution in [0, 0.1) is 29.8 Å². The van der Waals surface area contributed by atoms with Crippen LogP contribution in [-0.2, 0) is 5.28 Å². The Morgan fingerprint density at radius 2 is 1.48 bits per heavy atom. The Kier molecular flexibility index (Phi) is 4.01. The molecule has 1 aliphatic heterocycles. The van der Waals surface area contributed by atoms with Crippen molar-refractivity contribution < 1.29 is 0 Å². The average molecular weight is 381 g/mol. The molecule has 0 spiro atoms. The molecule has 144 valence electrons. The molecule has 1 aromatic rings. The van der Waals surface area contributed by atoms with Gasteiger partial charge in [0.15, 0.2) is 0 Å². The summed E-state index contributed by atoms with van der Waals surface area (Å²) in [4.78, 5) is 4.83. The third-order valence-electron chi connectivity index (χ3n) is 7.83. The highest BCUT2D eigenvalue weighted by atomic mass is 31.0. The molecule has 4 saturated carbocycles. The van der Waals surface area contributed by atoms with Crippen molar-refractivity contribution in [1.82, 2.24) is 9.80 Å². The van der Waals surface area contributed by atoms with E-state index in [0.29, 0.717) is 5.54 Å². The molecule has 2 unspecified atom stereocenters. The summed E-state index contributed by atoms with van der Waals surface area (Å²) in [5, 5.41) is -0.207. The summed E-state index contributed by atoms with van der Waals surface area (Å²) >= 11 is 0. The fourth-order valence-electron chi connectivity index (χ4n) is 6.76. The zero-order valence-corrected chi connectivity index (χ0v) is 18.1. The fourth-order valence-corrected chi connectivity index (χ4v) is 7.10. The molecule has 27 heavy (non-hydrogen) atoms. The van der Waals surface area contributed by atoms with Gasteiger partial charge >= 0.3 is 0 Å². The van der Waals surface area contributed by atoms with Crippen molar-refractivity contribution in [2.45, 2.75) is 70.1 Å². The fraction of sp³-hybridized carbons (Fsp3) is 0.625. The van der Waals surface area contributed by atoms with Crippen LogP contribution in [0.2, 0.25) is 0 Å². The maximum Gasteiger partial charge on any atom is 0.209 e. The van der Waals surface area contributed by atoms with Crippen LogP contribution in [0.4, 0.5) is 0 Å². The van der Waals surface area contributed by atoms with Gasteiger partial charge < -0.3 is 9.80 Å². The molecule has 4 fully saturated rings. The predicted octanol–water partition coefficient (Wildman–Crippen LogP) is 5.81. The number of benzene rings is 1. The molecule has 0 N–H and O–H groups in total. The van der Waals surface area contributed by atoms with Crippen molar-refractivity contribution in [1.29, 1.82) is 0 Å². The van der Waals surface area contributed by atoms with E-state index in [1.54, 1.807) is 0 Å². The molecule has 6 rings (SSSR count). The van der Waals surface area contributed by atoms with E-state index in [1.165, 1.54) is 44.1 Å². The lowest BCUT2D eigenvalue weighted by Gasteiger charge is -2.60. The number of rotatable bonds is 3. The van der Waals surface area contributed by atoms with Crippen LogP contribution < -0.4 is 0 Å². The normalized spacial score (nSPS) is 37.1. The van der Waals surface area contributed by atoms with Gasteiger partial charge in [-0.25, -0.2) is 0 Å². The zero-order chi connectivity index (χ0) is 18.9. The molecule has 2 radical (unpaired) electrons. The van der Waals surface area contributed by atoms with Gasteiger partial charge in [-0.2, -0.15) is 0 Å². The second-order valence-electron chi connectivity index (χ2n) is 10.7. The standard InChI is InChI=1S/C24H33N2P/c1-22(2,3)24(27,21-7-5-4-6-8-21)26-10-9-25(17-26)23-14-18-11-19(15-23)13-20(12-18)16-23/h4-10,18-20H,11-16,27H2,1-3H3. The van der Waals surface area contributed by atoms with E-state index in [2.05, 4.69) is 89.2 Å². The van der Waals surface area contributed by atoms with E-state index in [9.17, 15) is 0 Å². The second kappa shape index (κ2) is 5.99. The van der Waals surface area contributed by atoms with Gasteiger partial charge in [-0.05, 0) is 67.3 Å². The summed E-state index contributed by atoms with van der Waals surface area (Å²) < 4.78 is 0. The zero-order valence-electron chi connectivity index (χ0n) is 17.0. The summed E-state index contributed by atoms with van der Waals surface area (Å²) in [6.07, 6.45) is 13.2. The molecule has 3 heteroatoms. The van der Waals surface area contributed by atoms with E-state index in [0.717, 1.165) is 17.8 Å². The maximum absolute atomic E-state index is 3.83. The summed E-state index contributed by atoms with van der Waals surface area (Å²) in [5.74, 6) is 2.87. The lowest BCUT2D eigenvalue weighted by atomic mass is 9.52. The largest absolute Gasteiger partial charge is 0.340 e. The van der Waals surface area contributed by atoms with Crippen LogP contribution in [0.5, 0.6) is 0 Å². The molecule has 1 aromatic carbocycles. The summed E-state index contributed by atoms with van der Waals surface area (Å²) in [7, 11) is 3.17. The van der Waals surface area contributed by atoms with Gasteiger partial charge in [-0.1, -0.05) is 51.1 Å². The molecule has 2 nitrogen and oxygen atoms in total. The van der Waals surface area contributed by atoms with Gasteiger partial charge in [-0.3, -0.25) is 0 Å². The molecule has 2 atom stereocenters. The molecule has 5 aliphatic rings. The predicted molar refractivity (Wildman–Crippen MR) is 114 cm³/mol. The molecule has 4 aliphatic carbocycles. The summed E-state index contributed by atoms with van der Waals surface area (Å²) in [5.41, 5.74) is 1.71. The van der Waals surface area contributed by atoms with Gasteiger partial charge in [0.25, 0.3) is 0 Å². The van der Waals surface area contributed by atoms with Gasteiger partial charge in [0.05, 0.1) is 5.28 Å². The van der Waals surface area contributed by atoms with Gasteiger partial charge in [0, 0.05) is 17.9 Å². The van der Waals surface area contributed by atoms with Gasteiger partial charge in [0.1, 0.15) is 0 Å². The molecular weight excluding hydrogens is 347 g/mol. The highest BCUT2D eigenvalue weighted by molar-refractivity contribution is 7.18. The van der Waals surface area contributed by atoms with E-state index in [1.807, 2.05) is 0 Å². The van der Waals surface area contributed by atoms with Crippen LogP contribution in [0.3, 0.4) is 0 Å². The highest BCUT2D eigenvalue weighted by Crippen LogP contribution is 2.60. The van der Waals surface area contributed by atoms with Crippen molar-refractivity contribution >= 4 is 9.24 Å². The lowest BCUT2D eigenvalue weighted by molar-refractivity contribution is -0.0672. The lowest BCUT2D eigenvalue weighted by Crippen LogP contribution is -2.58. The van der Waals surface area contributed by atoms with Crippen molar-refractivity contribution in [3.63, 3.8) is 0 Å². The summed E-state index contributed by atoms with van der Waals surface area (Å²) in [6, 6.07) is 10.9. The van der Waals surface area contributed by atoms with Crippen LogP contribution >= 0.6 is 9.24 Å². The Morgan fingerprint density at radius 1 is 0.926 bits per heavy atom. The topological polar surface area (TPSA) is 6.48 Å². The van der Waals surface area contributed by atoms with Crippen LogP contribution in [0.15, 0.2) is 42.7 Å². The minimum atomic E-state index is -0.207. The Labute approximate surface area is 167 Å². The first kappa shape index (κ1) is 18.0. The second-order valence-corrected chi connectivity index (χ2v) is 11.5. The number of nitrogens with zero attached hydrogens (tertiary/aromatic N) is 2. The summed E-state index contributed by atoms with van der Waals surface area (Å²) in [6.45, 7) is 10.8. The van der Waals surface area contributed by atoms with Gasteiger partial charge in [-0.15, -0.1) is 9.24 Å². The number of hydrogen-bond acceptors (Lipinski definition) is 2. The Hall–Kier alpha value is -1.01. The Bertz CT molecular complexity index is 699. The van der Waals surface area contributed by atoms with E-state index in [-0.39, 0.29) is 10.7 Å². The van der Waals surface area contributed by atoms with Crippen molar-refractivity contribution in [2.24, 2.45) is 23.2 Å². The molecule has 1 heterocycles. The van der Waals surface area contributed by atoms with E-state index in [4.69, 9.17) is 0 Å². The quantitative estimate of drug-likeness (QED) is 0.610. The highest BCUT2D eigenvalue weighted by Gasteiger charge is 2.55. The first-order valence-corrected chi connectivity index (χ1v) is 11.3. The third kappa shape index (κ3) is 2.70. The van der Waals surface area contributed by atoms with Crippen molar-refractivity contribution in [3.8, 4) is 0 Å². The molecular formula is C24H33N2P. The molecule has 0 aromatic heterocycles. The average Bonchev–Trinajstić information content (AvgIpc) is 3.11. The molecule has 0 amide bonds. The van der Waals surface area contributed by atoms with Crippen LogP contribution in [-0.4, -0.2) is 15.3 Å². The minimum Gasteiger partial charge on any atom is -0.340 e. The van der Waals surface area contributed by atoms with Gasteiger partial charge in [0.2, 0.25) is 6.67 Å². The first-order chi connectivity index (χ1) is 12.8. The monoisotopic (exact) mass is 380 g/mol. The maximum atomic E-state index is 3.83. The van der Waals surface area contributed by atoms with Crippen molar-refractivity contribution in [2.75, 3.05) is 0 Å².